The van der Waals surface area contributed by atoms with Gasteiger partial charge in [-0.05, 0) is 61.5 Å². The molecule has 2 aromatic carbocycles. The molecular formula is C29H25N5O7S2. The Kier molecular flexibility index (Phi) is 8.68. The van der Waals surface area contributed by atoms with Crippen molar-refractivity contribution in [2.24, 2.45) is 4.99 Å². The van der Waals surface area contributed by atoms with Gasteiger partial charge in [-0.1, -0.05) is 11.3 Å². The van der Waals surface area contributed by atoms with Crippen molar-refractivity contribution >= 4 is 40.8 Å². The number of aromatic nitrogens is 3. The maximum absolute atomic E-state index is 14.1. The van der Waals surface area contributed by atoms with Crippen LogP contribution in [0.4, 0.5) is 5.69 Å². The molecule has 12 nitrogen and oxygen atoms in total. The van der Waals surface area contributed by atoms with E-state index in [1.807, 2.05) is 0 Å². The standard InChI is InChI=1S/C29H25N5O7S2/c1-5-41-27(36)24-16(2)32-29-33(25(24)20-9-8-19(39-3)15-21(20)40-4)26(35)23(43-29)14-17-13-18(34(37)38)7-10-22(17)42-28-30-11-6-12-31-28/h6-15,25H,5H2,1-4H3/b23-14+/t25-/m1/s1. The van der Waals surface area contributed by atoms with Crippen molar-refractivity contribution in [1.29, 1.82) is 0 Å². The predicted octanol–water partition coefficient (Wildman–Crippen LogP) is 3.66. The number of rotatable bonds is 9. The highest BCUT2D eigenvalue weighted by molar-refractivity contribution is 7.99. The maximum atomic E-state index is 14.1. The molecular weight excluding hydrogens is 594 g/mol. The van der Waals surface area contributed by atoms with Crippen LogP contribution in [0.5, 0.6) is 11.5 Å². The summed E-state index contributed by atoms with van der Waals surface area (Å²) in [4.78, 5) is 52.5. The smallest absolute Gasteiger partial charge is 0.338 e. The van der Waals surface area contributed by atoms with Crippen LogP contribution < -0.4 is 24.4 Å². The van der Waals surface area contributed by atoms with Gasteiger partial charge in [0, 0.05) is 41.1 Å². The number of esters is 1. The Labute approximate surface area is 253 Å². The van der Waals surface area contributed by atoms with Gasteiger partial charge in [0.05, 0.1) is 41.6 Å². The lowest BCUT2D eigenvalue weighted by molar-refractivity contribution is -0.384. The van der Waals surface area contributed by atoms with E-state index in [0.29, 0.717) is 43.2 Å². The Morgan fingerprint density at radius 2 is 1.93 bits per heavy atom. The second-order valence-electron chi connectivity index (χ2n) is 9.02. The fourth-order valence-electron chi connectivity index (χ4n) is 4.56. The van der Waals surface area contributed by atoms with Gasteiger partial charge in [-0.25, -0.2) is 19.8 Å². The van der Waals surface area contributed by atoms with E-state index in [0.717, 1.165) is 11.3 Å². The summed E-state index contributed by atoms with van der Waals surface area (Å²) < 4.78 is 18.0. The number of fused-ring (bicyclic) bond motifs is 1. The number of nitrogens with zero attached hydrogens (tertiary/aromatic N) is 5. The number of methoxy groups -OCH3 is 2. The lowest BCUT2D eigenvalue weighted by atomic mass is 9.95. The summed E-state index contributed by atoms with van der Waals surface area (Å²) in [7, 11) is 3.01. The largest absolute Gasteiger partial charge is 0.497 e. The molecule has 0 N–H and O–H groups in total. The van der Waals surface area contributed by atoms with Crippen LogP contribution in [0.25, 0.3) is 6.08 Å². The van der Waals surface area contributed by atoms with Gasteiger partial charge >= 0.3 is 5.97 Å². The number of nitro groups is 1. The molecule has 0 unspecified atom stereocenters. The van der Waals surface area contributed by atoms with E-state index in [1.54, 1.807) is 62.6 Å². The van der Waals surface area contributed by atoms with Crippen molar-refractivity contribution < 1.29 is 23.9 Å². The van der Waals surface area contributed by atoms with Crippen LogP contribution >= 0.6 is 23.1 Å². The maximum Gasteiger partial charge on any atom is 0.338 e. The fourth-order valence-corrected chi connectivity index (χ4v) is 6.40. The number of carbonyl (C=O) groups is 1. The minimum atomic E-state index is -0.921. The minimum absolute atomic E-state index is 0.130. The molecule has 0 radical (unpaired) electrons. The number of thiazole rings is 1. The van der Waals surface area contributed by atoms with Crippen LogP contribution in [0, 0.1) is 10.1 Å². The molecule has 0 spiro atoms. The van der Waals surface area contributed by atoms with Crippen LogP contribution in [0.1, 0.15) is 31.0 Å². The zero-order valence-corrected chi connectivity index (χ0v) is 25.1. The van der Waals surface area contributed by atoms with Crippen molar-refractivity contribution in [3.05, 3.63) is 107 Å². The molecule has 0 fully saturated rings. The van der Waals surface area contributed by atoms with Crippen molar-refractivity contribution in [2.75, 3.05) is 20.8 Å². The number of ether oxygens (including phenoxy) is 3. The molecule has 1 atom stereocenters. The number of allylic oxidation sites excluding steroid dienone is 1. The van der Waals surface area contributed by atoms with Gasteiger partial charge in [0.25, 0.3) is 11.2 Å². The molecule has 1 aliphatic rings. The molecule has 1 aliphatic heterocycles. The van der Waals surface area contributed by atoms with E-state index in [1.165, 1.54) is 42.7 Å². The Bertz CT molecular complexity index is 1940. The molecule has 5 rings (SSSR count). The molecule has 0 saturated carbocycles. The van der Waals surface area contributed by atoms with Crippen molar-refractivity contribution in [3.63, 3.8) is 0 Å². The summed E-state index contributed by atoms with van der Waals surface area (Å²) in [5.41, 5.74) is 0.954. The monoisotopic (exact) mass is 619 g/mol. The number of benzene rings is 2. The van der Waals surface area contributed by atoms with Gasteiger partial charge in [-0.15, -0.1) is 0 Å². The summed E-state index contributed by atoms with van der Waals surface area (Å²) in [5.74, 6) is 0.321. The van der Waals surface area contributed by atoms with Gasteiger partial charge in [0.1, 0.15) is 17.5 Å². The highest BCUT2D eigenvalue weighted by Crippen LogP contribution is 2.38. The summed E-state index contributed by atoms with van der Waals surface area (Å²) in [5, 5.41) is 12.0. The van der Waals surface area contributed by atoms with E-state index in [2.05, 4.69) is 15.0 Å². The molecule has 0 bridgehead atoms. The number of non-ortho nitro benzene ring substituents is 1. The Morgan fingerprint density at radius 3 is 2.60 bits per heavy atom. The lowest BCUT2D eigenvalue weighted by Gasteiger charge is -2.26. The third-order valence-electron chi connectivity index (χ3n) is 6.49. The normalized spacial score (nSPS) is 14.6. The van der Waals surface area contributed by atoms with Crippen LogP contribution in [-0.4, -0.2) is 46.3 Å². The van der Waals surface area contributed by atoms with E-state index in [-0.39, 0.29) is 22.4 Å². The molecule has 0 amide bonds. The zero-order valence-electron chi connectivity index (χ0n) is 23.5. The van der Waals surface area contributed by atoms with Gasteiger partial charge in [-0.2, -0.15) is 0 Å². The zero-order chi connectivity index (χ0) is 30.7. The summed E-state index contributed by atoms with van der Waals surface area (Å²) in [6.07, 6.45) is 4.76. The molecule has 43 heavy (non-hydrogen) atoms. The minimum Gasteiger partial charge on any atom is -0.497 e. The molecule has 3 heterocycles. The number of nitro benzene ring substituents is 1. The highest BCUT2D eigenvalue weighted by Gasteiger charge is 2.35. The molecule has 4 aromatic rings. The van der Waals surface area contributed by atoms with Crippen LogP contribution in [-0.2, 0) is 9.53 Å². The predicted molar refractivity (Wildman–Crippen MR) is 159 cm³/mol. The quantitative estimate of drug-likeness (QED) is 0.118. The van der Waals surface area contributed by atoms with Crippen molar-refractivity contribution in [3.8, 4) is 11.5 Å². The van der Waals surface area contributed by atoms with Gasteiger partial charge in [-0.3, -0.25) is 19.5 Å². The Hall–Kier alpha value is -4.82. The average Bonchev–Trinajstić information content (AvgIpc) is 3.31. The second-order valence-corrected chi connectivity index (χ2v) is 11.0. The van der Waals surface area contributed by atoms with Gasteiger partial charge < -0.3 is 14.2 Å². The molecule has 0 aliphatic carbocycles. The molecule has 2 aromatic heterocycles. The van der Waals surface area contributed by atoms with Crippen LogP contribution in [0.15, 0.2) is 86.0 Å². The number of hydrogen-bond acceptors (Lipinski definition) is 12. The third-order valence-corrected chi connectivity index (χ3v) is 8.45. The molecule has 14 heteroatoms. The van der Waals surface area contributed by atoms with E-state index >= 15 is 0 Å². The van der Waals surface area contributed by atoms with Crippen molar-refractivity contribution in [2.45, 2.75) is 29.9 Å². The van der Waals surface area contributed by atoms with Crippen LogP contribution in [0.3, 0.4) is 0 Å². The van der Waals surface area contributed by atoms with Gasteiger partial charge in [0.15, 0.2) is 9.96 Å². The van der Waals surface area contributed by atoms with Crippen LogP contribution in [0.2, 0.25) is 0 Å². The fraction of sp³-hybridized carbons (Fsp3) is 0.207. The number of hydrogen-bond donors (Lipinski definition) is 0. The summed E-state index contributed by atoms with van der Waals surface area (Å²) in [6, 6.07) is 10.2. The first-order valence-electron chi connectivity index (χ1n) is 12.9. The lowest BCUT2D eigenvalue weighted by Crippen LogP contribution is -2.40. The first-order chi connectivity index (χ1) is 20.7. The summed E-state index contributed by atoms with van der Waals surface area (Å²) in [6.45, 7) is 3.51. The highest BCUT2D eigenvalue weighted by atomic mass is 32.2. The topological polar surface area (TPSA) is 148 Å². The average molecular weight is 620 g/mol. The Morgan fingerprint density at radius 1 is 1.16 bits per heavy atom. The van der Waals surface area contributed by atoms with E-state index < -0.39 is 22.5 Å². The summed E-state index contributed by atoms with van der Waals surface area (Å²) >= 11 is 2.31. The first kappa shape index (κ1) is 29.7. The third kappa shape index (κ3) is 5.92. The second kappa shape index (κ2) is 12.6. The van der Waals surface area contributed by atoms with Crippen molar-refractivity contribution in [1.82, 2.24) is 14.5 Å². The molecule has 220 valence electrons. The van der Waals surface area contributed by atoms with E-state index in [4.69, 9.17) is 14.2 Å². The van der Waals surface area contributed by atoms with E-state index in [9.17, 15) is 19.7 Å². The Balaban J connectivity index is 1.74. The SMILES string of the molecule is CCOC(=O)C1=C(C)N=c2s/c(=C/c3cc([N+](=O)[O-])ccc3Sc3ncccn3)c(=O)n2[C@@H]1c1ccc(OC)cc1OC. The first-order valence-corrected chi connectivity index (χ1v) is 14.5. The number of carbonyl (C=O) groups excluding carboxylic acids is 1. The van der Waals surface area contributed by atoms with Gasteiger partial charge in [0.2, 0.25) is 0 Å². The molecule has 0 saturated heterocycles.